The number of carbonyl (C=O) groups is 3. The molecular weight excluding hydrogens is 334 g/mol. The minimum Gasteiger partial charge on any atom is -0.396 e. The van der Waals surface area contributed by atoms with Crippen LogP contribution in [-0.4, -0.2) is 59.5 Å². The number of hydrogen-bond donors (Lipinski definition) is 3. The van der Waals surface area contributed by atoms with Crippen molar-refractivity contribution in [1.82, 2.24) is 15.5 Å². The highest BCUT2D eigenvalue weighted by Gasteiger charge is 2.38. The molecule has 0 radical (unpaired) electrons. The highest BCUT2D eigenvalue weighted by atomic mass is 16.3. The van der Waals surface area contributed by atoms with Crippen LogP contribution in [0.4, 0.5) is 0 Å². The van der Waals surface area contributed by atoms with E-state index in [1.807, 2.05) is 13.8 Å². The summed E-state index contributed by atoms with van der Waals surface area (Å²) in [4.78, 5) is 38.0. The van der Waals surface area contributed by atoms with E-state index in [2.05, 4.69) is 29.0 Å². The van der Waals surface area contributed by atoms with Crippen LogP contribution in [0.1, 0.15) is 46.5 Å². The number of imide groups is 1. The molecule has 2 heterocycles. The highest BCUT2D eigenvalue weighted by molar-refractivity contribution is 6.03. The average molecular weight is 365 g/mol. The minimum absolute atomic E-state index is 0.0992. The van der Waals surface area contributed by atoms with Crippen LogP contribution < -0.4 is 10.6 Å². The lowest BCUT2D eigenvalue weighted by Gasteiger charge is -2.44. The lowest BCUT2D eigenvalue weighted by molar-refractivity contribution is -0.136. The summed E-state index contributed by atoms with van der Waals surface area (Å²) in [6.07, 6.45) is 2.44. The summed E-state index contributed by atoms with van der Waals surface area (Å²) in [5.74, 6) is -0.749. The van der Waals surface area contributed by atoms with Gasteiger partial charge in [-0.3, -0.25) is 24.6 Å². The molecule has 7 heteroatoms. The molecule has 0 aromatic rings. The van der Waals surface area contributed by atoms with E-state index in [0.717, 1.165) is 25.9 Å². The van der Waals surface area contributed by atoms with E-state index < -0.39 is 17.4 Å². The topological polar surface area (TPSA) is 98.7 Å². The molecule has 2 rings (SSSR count). The van der Waals surface area contributed by atoms with Crippen LogP contribution in [0.3, 0.4) is 0 Å². The van der Waals surface area contributed by atoms with Crippen LogP contribution in [-0.2, 0) is 14.4 Å². The van der Waals surface area contributed by atoms with Crippen molar-refractivity contribution in [2.24, 2.45) is 11.3 Å². The molecule has 3 N–H and O–H groups in total. The second-order valence-corrected chi connectivity index (χ2v) is 8.02. The first-order valence-corrected chi connectivity index (χ1v) is 9.35. The number of rotatable bonds is 6. The summed E-state index contributed by atoms with van der Waals surface area (Å²) < 4.78 is 0. The van der Waals surface area contributed by atoms with Gasteiger partial charge in [-0.05, 0) is 45.2 Å². The van der Waals surface area contributed by atoms with Gasteiger partial charge in [-0.15, -0.1) is 0 Å². The van der Waals surface area contributed by atoms with E-state index >= 15 is 0 Å². The average Bonchev–Trinajstić information content (AvgIpc) is 2.62. The van der Waals surface area contributed by atoms with Crippen molar-refractivity contribution in [3.8, 4) is 0 Å². The molecule has 0 bridgehead atoms. The zero-order valence-electron chi connectivity index (χ0n) is 16.0. The van der Waals surface area contributed by atoms with E-state index in [1.54, 1.807) is 0 Å². The molecule has 2 atom stereocenters. The molecule has 7 nitrogen and oxygen atoms in total. The van der Waals surface area contributed by atoms with E-state index in [4.69, 9.17) is 0 Å². The Morgan fingerprint density at radius 3 is 2.50 bits per heavy atom. The van der Waals surface area contributed by atoms with E-state index in [1.165, 1.54) is 0 Å². The van der Waals surface area contributed by atoms with Crippen LogP contribution in [0.15, 0.2) is 12.2 Å². The standard InChI is InChI=1S/C19H31N3O4/c1-12(17(25)20-15-5-6-16(24)21-18(15)26)19(3,4)13(2)22-9-7-14(11-23)8-10-22/h13-15,23H,1,5-11H2,2-4H3,(H,20,25)(H,21,24,26)/t13-,15?/m0/s1. The molecular formula is C19H31N3O4. The molecule has 0 aromatic carbocycles. The number of piperidine rings is 2. The first kappa shape index (κ1) is 20.6. The van der Waals surface area contributed by atoms with Gasteiger partial charge < -0.3 is 10.4 Å². The molecule has 0 saturated carbocycles. The summed E-state index contributed by atoms with van der Waals surface area (Å²) >= 11 is 0. The Labute approximate surface area is 155 Å². The number of likely N-dealkylation sites (tertiary alicyclic amines) is 1. The highest BCUT2D eigenvalue weighted by Crippen LogP contribution is 2.34. The van der Waals surface area contributed by atoms with Crippen molar-refractivity contribution in [2.45, 2.75) is 58.5 Å². The number of carbonyl (C=O) groups excluding carboxylic acids is 3. The molecule has 146 valence electrons. The van der Waals surface area contributed by atoms with Crippen molar-refractivity contribution >= 4 is 17.7 Å². The van der Waals surface area contributed by atoms with E-state index in [0.29, 0.717) is 17.9 Å². The maximum absolute atomic E-state index is 12.6. The van der Waals surface area contributed by atoms with Crippen molar-refractivity contribution in [3.63, 3.8) is 0 Å². The zero-order valence-corrected chi connectivity index (χ0v) is 16.0. The predicted molar refractivity (Wildman–Crippen MR) is 98.1 cm³/mol. The summed E-state index contributed by atoms with van der Waals surface area (Å²) in [6.45, 7) is 12.1. The van der Waals surface area contributed by atoms with Gasteiger partial charge in [0, 0.05) is 30.1 Å². The molecule has 0 spiro atoms. The molecule has 1 unspecified atom stereocenters. The van der Waals surface area contributed by atoms with Crippen molar-refractivity contribution in [1.29, 1.82) is 0 Å². The lowest BCUT2D eigenvalue weighted by atomic mass is 9.76. The largest absolute Gasteiger partial charge is 0.396 e. The van der Waals surface area contributed by atoms with Gasteiger partial charge in [-0.2, -0.15) is 0 Å². The Hall–Kier alpha value is -1.73. The minimum atomic E-state index is -0.691. The number of aliphatic hydroxyl groups excluding tert-OH is 1. The summed E-state index contributed by atoms with van der Waals surface area (Å²) in [7, 11) is 0. The van der Waals surface area contributed by atoms with Gasteiger partial charge >= 0.3 is 0 Å². The second kappa shape index (κ2) is 8.31. The molecule has 0 aliphatic carbocycles. The van der Waals surface area contributed by atoms with Gasteiger partial charge in [-0.25, -0.2) is 0 Å². The normalized spacial score (nSPS) is 24.1. The molecule has 2 aliphatic rings. The summed E-state index contributed by atoms with van der Waals surface area (Å²) in [6, 6.07) is -0.592. The fourth-order valence-electron chi connectivity index (χ4n) is 3.60. The maximum atomic E-state index is 12.6. The Morgan fingerprint density at radius 2 is 1.96 bits per heavy atom. The Balaban J connectivity index is 1.96. The summed E-state index contributed by atoms with van der Waals surface area (Å²) in [5, 5.41) is 14.3. The maximum Gasteiger partial charge on any atom is 0.249 e. The molecule has 2 saturated heterocycles. The lowest BCUT2D eigenvalue weighted by Crippen LogP contribution is -2.54. The second-order valence-electron chi connectivity index (χ2n) is 8.02. The van der Waals surface area contributed by atoms with Gasteiger partial charge in [0.25, 0.3) is 0 Å². The third-order valence-corrected chi connectivity index (χ3v) is 6.10. The van der Waals surface area contributed by atoms with Crippen LogP contribution in [0.25, 0.3) is 0 Å². The fraction of sp³-hybridized carbons (Fsp3) is 0.737. The van der Waals surface area contributed by atoms with Gasteiger partial charge in [0.2, 0.25) is 17.7 Å². The van der Waals surface area contributed by atoms with Crippen molar-refractivity contribution in [3.05, 3.63) is 12.2 Å². The first-order chi connectivity index (χ1) is 12.2. The molecule has 26 heavy (non-hydrogen) atoms. The predicted octanol–water partition coefficient (Wildman–Crippen LogP) is 0.583. The SMILES string of the molecule is C=C(C(=O)NC1CCC(=O)NC1=O)C(C)(C)[C@H](C)N1CCC(CO)CC1. The van der Waals surface area contributed by atoms with Crippen LogP contribution in [0, 0.1) is 11.3 Å². The third kappa shape index (κ3) is 4.51. The van der Waals surface area contributed by atoms with Gasteiger partial charge in [-0.1, -0.05) is 20.4 Å². The molecule has 0 aromatic heterocycles. The first-order valence-electron chi connectivity index (χ1n) is 9.35. The van der Waals surface area contributed by atoms with Crippen molar-refractivity contribution in [2.75, 3.05) is 19.7 Å². The number of nitrogens with zero attached hydrogens (tertiary/aromatic N) is 1. The van der Waals surface area contributed by atoms with Crippen LogP contribution in [0.5, 0.6) is 0 Å². The van der Waals surface area contributed by atoms with E-state index in [-0.39, 0.29) is 30.9 Å². The summed E-state index contributed by atoms with van der Waals surface area (Å²) in [5.41, 5.74) is -0.0455. The van der Waals surface area contributed by atoms with Gasteiger partial charge in [0.15, 0.2) is 0 Å². The van der Waals surface area contributed by atoms with Crippen molar-refractivity contribution < 1.29 is 19.5 Å². The molecule has 2 aliphatic heterocycles. The van der Waals surface area contributed by atoms with Crippen LogP contribution >= 0.6 is 0 Å². The number of nitrogens with one attached hydrogen (secondary N) is 2. The van der Waals surface area contributed by atoms with Gasteiger partial charge in [0.05, 0.1) is 0 Å². The monoisotopic (exact) mass is 365 g/mol. The van der Waals surface area contributed by atoms with Crippen LogP contribution in [0.2, 0.25) is 0 Å². The molecule has 2 fully saturated rings. The third-order valence-electron chi connectivity index (χ3n) is 6.10. The number of amides is 3. The Bertz CT molecular complexity index is 579. The zero-order chi connectivity index (χ0) is 19.5. The smallest absolute Gasteiger partial charge is 0.249 e. The molecule has 3 amide bonds. The Morgan fingerprint density at radius 1 is 1.35 bits per heavy atom. The quantitative estimate of drug-likeness (QED) is 0.472. The Kier molecular flexibility index (Phi) is 6.58. The van der Waals surface area contributed by atoms with Gasteiger partial charge in [0.1, 0.15) is 6.04 Å². The fourth-order valence-corrected chi connectivity index (χ4v) is 3.60. The van der Waals surface area contributed by atoms with E-state index in [9.17, 15) is 19.5 Å². The number of aliphatic hydroxyl groups is 1. The number of hydrogen-bond acceptors (Lipinski definition) is 5.